The lowest BCUT2D eigenvalue weighted by Gasteiger charge is -2.26. The van der Waals surface area contributed by atoms with Gasteiger partial charge in [-0.25, -0.2) is 0 Å². The molecule has 10 aromatic rings. The van der Waals surface area contributed by atoms with Crippen molar-refractivity contribution in [2.24, 2.45) is 0 Å². The first kappa shape index (κ1) is 31.6. The molecule has 0 unspecified atom stereocenters. The molecule has 254 valence electrons. The summed E-state index contributed by atoms with van der Waals surface area (Å²) >= 11 is 0. The molecule has 0 N–H and O–H groups in total. The van der Waals surface area contributed by atoms with Gasteiger partial charge >= 0.3 is 0 Å². The monoisotopic (exact) mass is 688 g/mol. The number of fused-ring (bicyclic) bond motifs is 4. The summed E-state index contributed by atoms with van der Waals surface area (Å²) in [4.78, 5) is 2.35. The largest absolute Gasteiger partial charge is 0.311 e. The molecule has 0 aliphatic carbocycles. The lowest BCUT2D eigenvalue weighted by molar-refractivity contribution is 1.17. The third-order valence-electron chi connectivity index (χ3n) is 10.6. The van der Waals surface area contributed by atoms with Gasteiger partial charge < -0.3 is 9.47 Å². The number of anilines is 3. The van der Waals surface area contributed by atoms with Crippen LogP contribution in [0.25, 0.3) is 71.6 Å². The maximum Gasteiger partial charge on any atom is 0.0541 e. The number of aromatic nitrogens is 1. The fourth-order valence-electron chi connectivity index (χ4n) is 7.95. The fraction of sp³-hybridized carbons (Fsp3) is 0. The molecule has 10 rings (SSSR count). The van der Waals surface area contributed by atoms with Crippen LogP contribution in [0.15, 0.2) is 218 Å². The SMILES string of the molecule is c1ccc(-c2ccc(N(c3ccc(-c4ccc(-c5cccc6ccccc56)cc4)cc3)c3ccc(-n4c5ccccc5c5ccccc54)cc3)cc2)cc1. The van der Waals surface area contributed by atoms with Crippen molar-refractivity contribution in [2.45, 2.75) is 0 Å². The molecule has 0 saturated heterocycles. The first-order valence-corrected chi connectivity index (χ1v) is 18.5. The van der Waals surface area contributed by atoms with Crippen LogP contribution in [0.2, 0.25) is 0 Å². The summed E-state index contributed by atoms with van der Waals surface area (Å²) in [6, 6.07) is 78.8. The molecule has 0 radical (unpaired) electrons. The van der Waals surface area contributed by atoms with Crippen molar-refractivity contribution in [1.29, 1.82) is 0 Å². The first-order chi connectivity index (χ1) is 26.8. The summed E-state index contributed by atoms with van der Waals surface area (Å²) < 4.78 is 2.37. The van der Waals surface area contributed by atoms with Crippen molar-refractivity contribution in [3.8, 4) is 39.1 Å². The molecule has 0 amide bonds. The molecule has 0 atom stereocenters. The van der Waals surface area contributed by atoms with Gasteiger partial charge in [-0.2, -0.15) is 0 Å². The molecular formula is C52H36N2. The average Bonchev–Trinajstić information content (AvgIpc) is 3.59. The molecule has 2 heteroatoms. The maximum absolute atomic E-state index is 2.37. The summed E-state index contributed by atoms with van der Waals surface area (Å²) in [7, 11) is 0. The number of para-hydroxylation sites is 2. The Labute approximate surface area is 315 Å². The normalized spacial score (nSPS) is 11.3. The third kappa shape index (κ3) is 5.62. The van der Waals surface area contributed by atoms with Crippen LogP contribution in [0.3, 0.4) is 0 Å². The van der Waals surface area contributed by atoms with Crippen LogP contribution in [0.1, 0.15) is 0 Å². The molecule has 0 aliphatic heterocycles. The van der Waals surface area contributed by atoms with E-state index in [1.165, 1.54) is 66.0 Å². The second-order valence-corrected chi connectivity index (χ2v) is 13.8. The molecule has 1 heterocycles. The number of rotatable bonds is 7. The van der Waals surface area contributed by atoms with Crippen molar-refractivity contribution in [3.63, 3.8) is 0 Å². The van der Waals surface area contributed by atoms with E-state index >= 15 is 0 Å². The molecule has 0 spiro atoms. The van der Waals surface area contributed by atoms with E-state index in [0.717, 1.165) is 22.7 Å². The van der Waals surface area contributed by atoms with Gasteiger partial charge in [0.2, 0.25) is 0 Å². The van der Waals surface area contributed by atoms with Gasteiger partial charge in [0.1, 0.15) is 0 Å². The van der Waals surface area contributed by atoms with Crippen LogP contribution < -0.4 is 4.90 Å². The summed E-state index contributed by atoms with van der Waals surface area (Å²) in [5.74, 6) is 0. The van der Waals surface area contributed by atoms with E-state index in [4.69, 9.17) is 0 Å². The second-order valence-electron chi connectivity index (χ2n) is 13.8. The Hall–Kier alpha value is -7.16. The zero-order valence-electron chi connectivity index (χ0n) is 29.7. The van der Waals surface area contributed by atoms with Crippen LogP contribution in [-0.4, -0.2) is 4.57 Å². The molecule has 54 heavy (non-hydrogen) atoms. The van der Waals surface area contributed by atoms with Crippen LogP contribution in [0, 0.1) is 0 Å². The van der Waals surface area contributed by atoms with Crippen molar-refractivity contribution in [3.05, 3.63) is 218 Å². The number of benzene rings is 9. The van der Waals surface area contributed by atoms with E-state index in [0.29, 0.717) is 0 Å². The predicted octanol–water partition coefficient (Wildman–Crippen LogP) is 14.4. The molecule has 2 nitrogen and oxygen atoms in total. The van der Waals surface area contributed by atoms with Gasteiger partial charge in [0.05, 0.1) is 11.0 Å². The number of nitrogens with zero attached hydrogens (tertiary/aromatic N) is 2. The van der Waals surface area contributed by atoms with Crippen molar-refractivity contribution >= 4 is 49.6 Å². The van der Waals surface area contributed by atoms with Gasteiger partial charge in [-0.3, -0.25) is 0 Å². The predicted molar refractivity (Wildman–Crippen MR) is 229 cm³/mol. The zero-order valence-corrected chi connectivity index (χ0v) is 29.7. The van der Waals surface area contributed by atoms with Crippen LogP contribution in [-0.2, 0) is 0 Å². The fourth-order valence-corrected chi connectivity index (χ4v) is 7.95. The Morgan fingerprint density at radius 2 is 0.685 bits per heavy atom. The molecule has 0 fully saturated rings. The summed E-state index contributed by atoms with van der Waals surface area (Å²) in [6.45, 7) is 0. The summed E-state index contributed by atoms with van der Waals surface area (Å²) in [5, 5.41) is 5.06. The van der Waals surface area contributed by atoms with Gasteiger partial charge in [-0.05, 0) is 105 Å². The average molecular weight is 689 g/mol. The molecule has 0 aliphatic rings. The van der Waals surface area contributed by atoms with Gasteiger partial charge in [-0.15, -0.1) is 0 Å². The van der Waals surface area contributed by atoms with Crippen LogP contribution in [0.4, 0.5) is 17.1 Å². The van der Waals surface area contributed by atoms with Gasteiger partial charge in [0.25, 0.3) is 0 Å². The minimum Gasteiger partial charge on any atom is -0.311 e. The van der Waals surface area contributed by atoms with Gasteiger partial charge in [-0.1, -0.05) is 158 Å². The van der Waals surface area contributed by atoms with Crippen LogP contribution in [0.5, 0.6) is 0 Å². The third-order valence-corrected chi connectivity index (χ3v) is 10.6. The highest BCUT2D eigenvalue weighted by molar-refractivity contribution is 6.09. The molecule has 0 bridgehead atoms. The molecule has 1 aromatic heterocycles. The standard InChI is InChI=1S/C52H36N2/c1-2-11-37(12-3-1)39-25-29-43(30-26-39)53(45-33-35-46(36-34-45)54-51-19-8-6-16-49(51)50-17-7-9-20-52(50)54)44-31-27-40(28-32-44)38-21-23-42(24-22-38)48-18-10-14-41-13-4-5-15-47(41)48/h1-36H. The molecule has 0 saturated carbocycles. The van der Waals surface area contributed by atoms with Crippen molar-refractivity contribution in [2.75, 3.05) is 4.90 Å². The Bertz CT molecular complexity index is 2830. The van der Waals surface area contributed by atoms with E-state index in [1.807, 2.05) is 0 Å². The minimum absolute atomic E-state index is 1.10. The quantitative estimate of drug-likeness (QED) is 0.162. The van der Waals surface area contributed by atoms with Crippen LogP contribution >= 0.6 is 0 Å². The van der Waals surface area contributed by atoms with Gasteiger partial charge in [0, 0.05) is 33.5 Å². The highest BCUT2D eigenvalue weighted by Gasteiger charge is 2.16. The Kier molecular flexibility index (Phi) is 7.85. The highest BCUT2D eigenvalue weighted by atomic mass is 15.1. The Morgan fingerprint density at radius 3 is 1.26 bits per heavy atom. The highest BCUT2D eigenvalue weighted by Crippen LogP contribution is 2.39. The summed E-state index contributed by atoms with van der Waals surface area (Å²) in [5.41, 5.74) is 14.1. The number of hydrogen-bond acceptors (Lipinski definition) is 1. The Balaban J connectivity index is 1.01. The minimum atomic E-state index is 1.10. The first-order valence-electron chi connectivity index (χ1n) is 18.5. The topological polar surface area (TPSA) is 8.17 Å². The Morgan fingerprint density at radius 1 is 0.278 bits per heavy atom. The van der Waals surface area contributed by atoms with Crippen molar-refractivity contribution in [1.82, 2.24) is 4.57 Å². The number of hydrogen-bond donors (Lipinski definition) is 0. The smallest absolute Gasteiger partial charge is 0.0541 e. The maximum atomic E-state index is 2.37. The van der Waals surface area contributed by atoms with E-state index < -0.39 is 0 Å². The molecular weight excluding hydrogens is 653 g/mol. The van der Waals surface area contributed by atoms with E-state index in [2.05, 4.69) is 228 Å². The van der Waals surface area contributed by atoms with Crippen molar-refractivity contribution < 1.29 is 0 Å². The van der Waals surface area contributed by atoms with E-state index in [1.54, 1.807) is 0 Å². The zero-order chi connectivity index (χ0) is 35.8. The van der Waals surface area contributed by atoms with Gasteiger partial charge in [0.15, 0.2) is 0 Å². The summed E-state index contributed by atoms with van der Waals surface area (Å²) in [6.07, 6.45) is 0. The lowest BCUT2D eigenvalue weighted by Crippen LogP contribution is -2.10. The van der Waals surface area contributed by atoms with E-state index in [9.17, 15) is 0 Å². The van der Waals surface area contributed by atoms with E-state index in [-0.39, 0.29) is 0 Å². The molecule has 9 aromatic carbocycles. The second kappa shape index (κ2) is 13.4. The lowest BCUT2D eigenvalue weighted by atomic mass is 9.96.